The summed E-state index contributed by atoms with van der Waals surface area (Å²) in [6, 6.07) is 8.64. The molecule has 1 heterocycles. The molecule has 1 aliphatic heterocycles. The molecule has 0 spiro atoms. The predicted octanol–water partition coefficient (Wildman–Crippen LogP) is 3.74. The van der Waals surface area contributed by atoms with Gasteiger partial charge in [-0.05, 0) is 51.0 Å². The molecule has 1 saturated heterocycles. The Labute approximate surface area is 179 Å². The quantitative estimate of drug-likeness (QED) is 0.682. The minimum absolute atomic E-state index is 0.211. The fraction of sp³-hybridized carbons (Fsp3) is 0.455. The fourth-order valence-corrected chi connectivity index (χ4v) is 4.46. The lowest BCUT2D eigenvalue weighted by molar-refractivity contribution is 0.122. The Balaban J connectivity index is 2.01. The molecule has 0 aromatic heterocycles. The molecule has 0 aliphatic carbocycles. The first-order valence-electron chi connectivity index (χ1n) is 10.2. The van der Waals surface area contributed by atoms with Gasteiger partial charge in [0.05, 0.1) is 42.7 Å². The molecule has 8 heteroatoms. The summed E-state index contributed by atoms with van der Waals surface area (Å²) in [7, 11) is -3.78. The molecule has 30 heavy (non-hydrogen) atoms. The van der Waals surface area contributed by atoms with Gasteiger partial charge >= 0.3 is 0 Å². The Hall–Kier alpha value is -2.45. The lowest BCUT2D eigenvalue weighted by Gasteiger charge is -2.31. The molecule has 0 saturated carbocycles. The van der Waals surface area contributed by atoms with Gasteiger partial charge in [-0.1, -0.05) is 6.07 Å². The molecule has 2 aromatic carbocycles. The summed E-state index contributed by atoms with van der Waals surface area (Å²) < 4.78 is 45.9. The van der Waals surface area contributed by atoms with E-state index < -0.39 is 10.0 Å². The highest BCUT2D eigenvalue weighted by Crippen LogP contribution is 2.40. The second-order valence-electron chi connectivity index (χ2n) is 7.13. The molecule has 0 bridgehead atoms. The summed E-state index contributed by atoms with van der Waals surface area (Å²) in [5, 5.41) is 0. The van der Waals surface area contributed by atoms with Crippen molar-refractivity contribution in [2.45, 2.75) is 32.6 Å². The van der Waals surface area contributed by atoms with Crippen molar-refractivity contribution in [3.8, 4) is 11.5 Å². The summed E-state index contributed by atoms with van der Waals surface area (Å²) in [6.07, 6.45) is 0. The van der Waals surface area contributed by atoms with Gasteiger partial charge in [-0.2, -0.15) is 0 Å². The van der Waals surface area contributed by atoms with Crippen LogP contribution in [0.2, 0.25) is 0 Å². The Morgan fingerprint density at radius 3 is 2.27 bits per heavy atom. The van der Waals surface area contributed by atoms with Gasteiger partial charge in [0.1, 0.15) is 11.5 Å². The smallest absolute Gasteiger partial charge is 0.262 e. The van der Waals surface area contributed by atoms with Crippen molar-refractivity contribution < 1.29 is 22.6 Å². The van der Waals surface area contributed by atoms with Gasteiger partial charge < -0.3 is 19.1 Å². The third-order valence-electron chi connectivity index (χ3n) is 5.05. The minimum atomic E-state index is -3.78. The van der Waals surface area contributed by atoms with E-state index >= 15 is 0 Å². The van der Waals surface area contributed by atoms with Crippen molar-refractivity contribution in [1.29, 1.82) is 0 Å². The second-order valence-corrected chi connectivity index (χ2v) is 8.82. The van der Waals surface area contributed by atoms with E-state index in [1.54, 1.807) is 24.3 Å². The number of hydrogen-bond acceptors (Lipinski definition) is 6. The first-order valence-corrected chi connectivity index (χ1v) is 11.7. The van der Waals surface area contributed by atoms with Crippen LogP contribution in [0.1, 0.15) is 25.0 Å². The first kappa shape index (κ1) is 22.2. The maximum atomic E-state index is 13.0. The van der Waals surface area contributed by atoms with E-state index in [1.165, 1.54) is 0 Å². The largest absolute Gasteiger partial charge is 0.492 e. The number of morpholine rings is 1. The van der Waals surface area contributed by atoms with Crippen LogP contribution in [0.15, 0.2) is 35.2 Å². The van der Waals surface area contributed by atoms with Crippen molar-refractivity contribution in [2.24, 2.45) is 0 Å². The molecule has 2 aromatic rings. The molecule has 164 valence electrons. The maximum absolute atomic E-state index is 13.0. The first-order chi connectivity index (χ1) is 14.4. The zero-order valence-electron chi connectivity index (χ0n) is 18.0. The molecule has 0 unspecified atom stereocenters. The van der Waals surface area contributed by atoms with Crippen molar-refractivity contribution in [2.75, 3.05) is 49.1 Å². The lowest BCUT2D eigenvalue weighted by atomic mass is 10.1. The minimum Gasteiger partial charge on any atom is -0.492 e. The average Bonchev–Trinajstić information content (AvgIpc) is 2.72. The summed E-state index contributed by atoms with van der Waals surface area (Å²) >= 11 is 0. The zero-order chi connectivity index (χ0) is 21.7. The van der Waals surface area contributed by atoms with Crippen molar-refractivity contribution in [1.82, 2.24) is 0 Å². The third kappa shape index (κ3) is 4.99. The Morgan fingerprint density at radius 1 is 0.967 bits per heavy atom. The van der Waals surface area contributed by atoms with Crippen LogP contribution in [0, 0.1) is 13.8 Å². The Kier molecular flexibility index (Phi) is 7.10. The van der Waals surface area contributed by atoms with Gasteiger partial charge in [-0.25, -0.2) is 8.42 Å². The predicted molar refractivity (Wildman–Crippen MR) is 119 cm³/mol. The van der Waals surface area contributed by atoms with Gasteiger partial charge in [0, 0.05) is 25.2 Å². The van der Waals surface area contributed by atoms with E-state index in [-0.39, 0.29) is 4.90 Å². The molecule has 1 fully saturated rings. The monoisotopic (exact) mass is 434 g/mol. The van der Waals surface area contributed by atoms with Gasteiger partial charge in [0.15, 0.2) is 0 Å². The summed E-state index contributed by atoms with van der Waals surface area (Å²) in [6.45, 7) is 11.2. The normalized spacial score (nSPS) is 14.5. The van der Waals surface area contributed by atoms with Gasteiger partial charge in [-0.15, -0.1) is 0 Å². The number of ether oxygens (including phenoxy) is 3. The van der Waals surface area contributed by atoms with Gasteiger partial charge in [0.2, 0.25) is 0 Å². The Morgan fingerprint density at radius 2 is 1.63 bits per heavy atom. The SMILES string of the molecule is CCOc1cc(N2CCOCC2)c(OCC)cc1NS(=O)(=O)c1ccc(C)c(C)c1. The number of nitrogens with one attached hydrogen (secondary N) is 1. The van der Waals surface area contributed by atoms with Crippen LogP contribution in [-0.4, -0.2) is 47.9 Å². The van der Waals surface area contributed by atoms with Crippen LogP contribution in [-0.2, 0) is 14.8 Å². The van der Waals surface area contributed by atoms with Crippen molar-refractivity contribution in [3.05, 3.63) is 41.5 Å². The topological polar surface area (TPSA) is 77.1 Å². The summed E-state index contributed by atoms with van der Waals surface area (Å²) in [5.74, 6) is 1.08. The van der Waals surface area contributed by atoms with Crippen molar-refractivity contribution >= 4 is 21.4 Å². The molecule has 1 N–H and O–H groups in total. The molecule has 7 nitrogen and oxygen atoms in total. The maximum Gasteiger partial charge on any atom is 0.262 e. The van der Waals surface area contributed by atoms with E-state index in [4.69, 9.17) is 14.2 Å². The zero-order valence-corrected chi connectivity index (χ0v) is 18.8. The lowest BCUT2D eigenvalue weighted by Crippen LogP contribution is -2.36. The third-order valence-corrected chi connectivity index (χ3v) is 6.41. The van der Waals surface area contributed by atoms with E-state index in [0.717, 1.165) is 29.9 Å². The van der Waals surface area contributed by atoms with Crippen LogP contribution >= 0.6 is 0 Å². The van der Waals surface area contributed by atoms with Crippen LogP contribution in [0.3, 0.4) is 0 Å². The number of sulfonamides is 1. The van der Waals surface area contributed by atoms with Crippen LogP contribution in [0.4, 0.5) is 11.4 Å². The summed E-state index contributed by atoms with van der Waals surface area (Å²) in [5.41, 5.74) is 3.19. The highest BCUT2D eigenvalue weighted by atomic mass is 32.2. The molecular formula is C22H30N2O5S. The van der Waals surface area contributed by atoms with Crippen LogP contribution in [0.5, 0.6) is 11.5 Å². The number of rotatable bonds is 8. The molecular weight excluding hydrogens is 404 g/mol. The number of benzene rings is 2. The Bertz CT molecular complexity index is 985. The molecule has 0 radical (unpaired) electrons. The van der Waals surface area contributed by atoms with Gasteiger partial charge in [-0.3, -0.25) is 4.72 Å². The number of nitrogens with zero attached hydrogens (tertiary/aromatic N) is 1. The molecule has 0 atom stereocenters. The van der Waals surface area contributed by atoms with Gasteiger partial charge in [0.25, 0.3) is 10.0 Å². The highest BCUT2D eigenvalue weighted by molar-refractivity contribution is 7.92. The van der Waals surface area contributed by atoms with Crippen LogP contribution in [0.25, 0.3) is 0 Å². The van der Waals surface area contributed by atoms with E-state index in [1.807, 2.05) is 33.8 Å². The summed E-state index contributed by atoms with van der Waals surface area (Å²) in [4.78, 5) is 2.38. The molecule has 1 aliphatic rings. The highest BCUT2D eigenvalue weighted by Gasteiger charge is 2.23. The van der Waals surface area contributed by atoms with E-state index in [0.29, 0.717) is 43.6 Å². The fourth-order valence-electron chi connectivity index (χ4n) is 3.31. The van der Waals surface area contributed by atoms with E-state index in [2.05, 4.69) is 9.62 Å². The van der Waals surface area contributed by atoms with Crippen molar-refractivity contribution in [3.63, 3.8) is 0 Å². The molecule has 3 rings (SSSR count). The van der Waals surface area contributed by atoms with E-state index in [9.17, 15) is 8.42 Å². The number of aryl methyl sites for hydroxylation is 2. The average molecular weight is 435 g/mol. The number of hydrogen-bond donors (Lipinski definition) is 1. The number of anilines is 2. The molecule has 0 amide bonds. The second kappa shape index (κ2) is 9.57. The standard InChI is InChI=1S/C22H30N2O5S/c1-5-28-21-15-20(24-9-11-27-12-10-24)22(29-6-2)14-19(21)23-30(25,26)18-8-7-16(3)17(4)13-18/h7-8,13-15,23H,5-6,9-12H2,1-4H3. The van der Waals surface area contributed by atoms with Crippen LogP contribution < -0.4 is 19.1 Å².